The molecular formula is C13H24N2. The van der Waals surface area contributed by atoms with Crippen LogP contribution in [0.3, 0.4) is 0 Å². The largest absolute Gasteiger partial charge is 0.313 e. The van der Waals surface area contributed by atoms with Crippen LogP contribution in [0.2, 0.25) is 0 Å². The molecule has 0 aliphatic heterocycles. The molecular weight excluding hydrogens is 184 g/mol. The van der Waals surface area contributed by atoms with Crippen molar-refractivity contribution in [3.05, 3.63) is 38.0 Å². The highest BCUT2D eigenvalue weighted by Crippen LogP contribution is 1.95. The average molecular weight is 208 g/mol. The first-order valence-corrected chi connectivity index (χ1v) is 5.61. The first-order chi connectivity index (χ1) is 7.35. The summed E-state index contributed by atoms with van der Waals surface area (Å²) in [6.07, 6.45) is 8.20. The summed E-state index contributed by atoms with van der Waals surface area (Å²) in [5.41, 5.74) is 0. The summed E-state index contributed by atoms with van der Waals surface area (Å²) in [6.45, 7) is 16.2. The summed E-state index contributed by atoms with van der Waals surface area (Å²) in [6, 6.07) is 0. The highest BCUT2D eigenvalue weighted by atomic mass is 15.1. The Balaban J connectivity index is 3.39. The second-order valence-electron chi connectivity index (χ2n) is 3.54. The van der Waals surface area contributed by atoms with Crippen LogP contribution in [-0.2, 0) is 0 Å². The van der Waals surface area contributed by atoms with Crippen molar-refractivity contribution in [2.75, 3.05) is 32.7 Å². The van der Waals surface area contributed by atoms with Crippen molar-refractivity contribution in [3.63, 3.8) is 0 Å². The Kier molecular flexibility index (Phi) is 10.6. The van der Waals surface area contributed by atoms with Gasteiger partial charge in [0, 0.05) is 19.6 Å². The first-order valence-electron chi connectivity index (χ1n) is 5.61. The number of unbranched alkanes of at least 4 members (excludes halogenated alkanes) is 1. The Morgan fingerprint density at radius 1 is 0.933 bits per heavy atom. The minimum absolute atomic E-state index is 0.906. The molecule has 86 valence electrons. The molecule has 0 aliphatic carbocycles. The van der Waals surface area contributed by atoms with Crippen molar-refractivity contribution in [3.8, 4) is 0 Å². The topological polar surface area (TPSA) is 15.3 Å². The number of hydrogen-bond donors (Lipinski definition) is 1. The zero-order valence-corrected chi connectivity index (χ0v) is 9.75. The van der Waals surface area contributed by atoms with E-state index in [1.807, 2.05) is 18.2 Å². The molecule has 15 heavy (non-hydrogen) atoms. The van der Waals surface area contributed by atoms with Gasteiger partial charge in [-0.2, -0.15) is 0 Å². The van der Waals surface area contributed by atoms with E-state index in [-0.39, 0.29) is 0 Å². The molecule has 0 aliphatic rings. The van der Waals surface area contributed by atoms with Crippen molar-refractivity contribution >= 4 is 0 Å². The third-order valence-corrected chi connectivity index (χ3v) is 2.14. The van der Waals surface area contributed by atoms with Gasteiger partial charge in [0.2, 0.25) is 0 Å². The van der Waals surface area contributed by atoms with Gasteiger partial charge in [0.1, 0.15) is 0 Å². The van der Waals surface area contributed by atoms with E-state index >= 15 is 0 Å². The normalized spacial score (nSPS) is 10.2. The van der Waals surface area contributed by atoms with E-state index in [4.69, 9.17) is 0 Å². The van der Waals surface area contributed by atoms with Crippen LogP contribution in [0, 0.1) is 0 Å². The predicted octanol–water partition coefficient (Wildman–Crippen LogP) is 2.22. The third-order valence-electron chi connectivity index (χ3n) is 2.14. The minimum atomic E-state index is 0.906. The van der Waals surface area contributed by atoms with E-state index in [9.17, 15) is 0 Å². The molecule has 0 bridgehead atoms. The molecule has 0 aromatic carbocycles. The van der Waals surface area contributed by atoms with Crippen LogP contribution in [-0.4, -0.2) is 37.6 Å². The average Bonchev–Trinajstić information content (AvgIpc) is 2.24. The van der Waals surface area contributed by atoms with Crippen molar-refractivity contribution in [2.24, 2.45) is 0 Å². The van der Waals surface area contributed by atoms with Crippen LogP contribution in [0.1, 0.15) is 12.8 Å². The van der Waals surface area contributed by atoms with Crippen LogP contribution >= 0.6 is 0 Å². The van der Waals surface area contributed by atoms with Gasteiger partial charge in [-0.05, 0) is 25.9 Å². The maximum atomic E-state index is 3.75. The molecule has 0 aromatic heterocycles. The summed E-state index contributed by atoms with van der Waals surface area (Å²) in [4.78, 5) is 2.34. The van der Waals surface area contributed by atoms with Crippen molar-refractivity contribution < 1.29 is 0 Å². The van der Waals surface area contributed by atoms with E-state index < -0.39 is 0 Å². The molecule has 1 N–H and O–H groups in total. The number of hydrogen-bond acceptors (Lipinski definition) is 2. The van der Waals surface area contributed by atoms with Crippen LogP contribution < -0.4 is 5.32 Å². The lowest BCUT2D eigenvalue weighted by Crippen LogP contribution is -2.26. The highest BCUT2D eigenvalue weighted by molar-refractivity contribution is 4.79. The summed E-state index contributed by atoms with van der Waals surface area (Å²) in [5, 5.41) is 3.30. The zero-order chi connectivity index (χ0) is 11.4. The van der Waals surface area contributed by atoms with Gasteiger partial charge in [-0.25, -0.2) is 0 Å². The molecule has 0 aromatic rings. The summed E-state index contributed by atoms with van der Waals surface area (Å²) < 4.78 is 0. The number of nitrogens with zero attached hydrogens (tertiary/aromatic N) is 1. The van der Waals surface area contributed by atoms with Gasteiger partial charge >= 0.3 is 0 Å². The van der Waals surface area contributed by atoms with Crippen molar-refractivity contribution in [1.82, 2.24) is 10.2 Å². The molecule has 0 heterocycles. The quantitative estimate of drug-likeness (QED) is 0.414. The highest BCUT2D eigenvalue weighted by Gasteiger charge is 1.99. The van der Waals surface area contributed by atoms with Crippen LogP contribution in [0.4, 0.5) is 0 Å². The van der Waals surface area contributed by atoms with Gasteiger partial charge in [0.25, 0.3) is 0 Å². The Bertz CT molecular complexity index is 165. The SMILES string of the molecule is C=CCNCCCCN(CC=C)CC=C. The third kappa shape index (κ3) is 9.44. The zero-order valence-electron chi connectivity index (χ0n) is 9.75. The smallest absolute Gasteiger partial charge is 0.0163 e. The fourth-order valence-electron chi connectivity index (χ4n) is 1.41. The van der Waals surface area contributed by atoms with Gasteiger partial charge in [-0.3, -0.25) is 4.90 Å². The Hall–Kier alpha value is -0.860. The van der Waals surface area contributed by atoms with E-state index in [0.717, 1.165) is 32.7 Å². The van der Waals surface area contributed by atoms with Gasteiger partial charge < -0.3 is 5.32 Å². The maximum absolute atomic E-state index is 3.75. The van der Waals surface area contributed by atoms with Crippen molar-refractivity contribution in [2.45, 2.75) is 12.8 Å². The summed E-state index contributed by atoms with van der Waals surface area (Å²) >= 11 is 0. The van der Waals surface area contributed by atoms with Gasteiger partial charge in [-0.15, -0.1) is 19.7 Å². The predicted molar refractivity (Wildman–Crippen MR) is 69.1 cm³/mol. The second kappa shape index (κ2) is 11.2. The molecule has 2 heteroatoms. The van der Waals surface area contributed by atoms with E-state index in [0.29, 0.717) is 0 Å². The maximum Gasteiger partial charge on any atom is 0.0163 e. The number of nitrogens with one attached hydrogen (secondary N) is 1. The first kappa shape index (κ1) is 14.1. The van der Waals surface area contributed by atoms with Crippen LogP contribution in [0.15, 0.2) is 38.0 Å². The lowest BCUT2D eigenvalue weighted by molar-refractivity contribution is 0.326. The fourth-order valence-corrected chi connectivity index (χ4v) is 1.41. The Morgan fingerprint density at radius 2 is 1.60 bits per heavy atom. The number of rotatable bonds is 11. The lowest BCUT2D eigenvalue weighted by atomic mass is 10.3. The molecule has 0 saturated heterocycles. The van der Waals surface area contributed by atoms with Gasteiger partial charge in [-0.1, -0.05) is 18.2 Å². The Morgan fingerprint density at radius 3 is 2.13 bits per heavy atom. The monoisotopic (exact) mass is 208 g/mol. The molecule has 0 saturated carbocycles. The summed E-state index contributed by atoms with van der Waals surface area (Å²) in [7, 11) is 0. The molecule has 0 amide bonds. The van der Waals surface area contributed by atoms with Crippen LogP contribution in [0.25, 0.3) is 0 Å². The van der Waals surface area contributed by atoms with Crippen molar-refractivity contribution in [1.29, 1.82) is 0 Å². The fraction of sp³-hybridized carbons (Fsp3) is 0.538. The van der Waals surface area contributed by atoms with Gasteiger partial charge in [0.15, 0.2) is 0 Å². The minimum Gasteiger partial charge on any atom is -0.313 e. The summed E-state index contributed by atoms with van der Waals surface area (Å²) in [5.74, 6) is 0. The van der Waals surface area contributed by atoms with E-state index in [1.165, 1.54) is 12.8 Å². The standard InChI is InChI=1S/C13H24N2/c1-4-9-14-10-7-8-13-15(11-5-2)12-6-3/h4-6,14H,1-3,7-13H2. The molecule has 0 radical (unpaired) electrons. The molecule has 0 rings (SSSR count). The van der Waals surface area contributed by atoms with E-state index in [2.05, 4.69) is 30.0 Å². The van der Waals surface area contributed by atoms with Gasteiger partial charge in [0.05, 0.1) is 0 Å². The molecule has 0 unspecified atom stereocenters. The Labute approximate surface area is 94.4 Å². The van der Waals surface area contributed by atoms with E-state index in [1.54, 1.807) is 0 Å². The lowest BCUT2D eigenvalue weighted by Gasteiger charge is -2.18. The van der Waals surface area contributed by atoms with Crippen LogP contribution in [0.5, 0.6) is 0 Å². The molecule has 2 nitrogen and oxygen atoms in total. The molecule has 0 atom stereocenters. The molecule has 0 fully saturated rings. The molecule has 0 spiro atoms. The second-order valence-corrected chi connectivity index (χ2v) is 3.54.